The van der Waals surface area contributed by atoms with Crippen LogP contribution in [0.3, 0.4) is 0 Å². The van der Waals surface area contributed by atoms with Crippen molar-refractivity contribution in [3.8, 4) is 5.75 Å². The molecule has 1 aliphatic heterocycles. The predicted octanol–water partition coefficient (Wildman–Crippen LogP) is 4.28. The third-order valence-corrected chi connectivity index (χ3v) is 7.98. The first-order valence-corrected chi connectivity index (χ1v) is 13.2. The molecular weight excluding hydrogens is 462 g/mol. The summed E-state index contributed by atoms with van der Waals surface area (Å²) < 4.78 is 40.1. The van der Waals surface area contributed by atoms with Crippen molar-refractivity contribution in [2.75, 3.05) is 44.7 Å². The SMILES string of the molecule is COc1ccc(N2CCN(C(CNS(=O)(=O)c3ccc4ccccc4c3)c3ccco3)CC2)cc1. The number of nitrogens with one attached hydrogen (secondary N) is 1. The van der Waals surface area contributed by atoms with Crippen molar-refractivity contribution in [1.29, 1.82) is 0 Å². The summed E-state index contributed by atoms with van der Waals surface area (Å²) in [6.07, 6.45) is 1.63. The van der Waals surface area contributed by atoms with Crippen molar-refractivity contribution in [3.05, 3.63) is 90.9 Å². The second kappa shape index (κ2) is 10.1. The Labute approximate surface area is 206 Å². The van der Waals surface area contributed by atoms with E-state index in [0.717, 1.165) is 54.1 Å². The molecule has 0 aliphatic carbocycles. The minimum absolute atomic E-state index is 0.196. The molecule has 1 atom stereocenters. The number of rotatable bonds is 8. The molecule has 0 bridgehead atoms. The maximum atomic E-state index is 13.1. The predicted molar refractivity (Wildman–Crippen MR) is 137 cm³/mol. The van der Waals surface area contributed by atoms with Crippen LogP contribution in [0.15, 0.2) is 94.4 Å². The van der Waals surface area contributed by atoms with Crippen molar-refractivity contribution < 1.29 is 17.6 Å². The first-order valence-electron chi connectivity index (χ1n) is 11.7. The Morgan fingerprint density at radius 1 is 0.914 bits per heavy atom. The minimum atomic E-state index is -3.68. The van der Waals surface area contributed by atoms with Crippen LogP contribution in [0, 0.1) is 0 Å². The van der Waals surface area contributed by atoms with Gasteiger partial charge in [-0.15, -0.1) is 0 Å². The number of nitrogens with zero attached hydrogens (tertiary/aromatic N) is 2. The fraction of sp³-hybridized carbons (Fsp3) is 0.259. The van der Waals surface area contributed by atoms with Gasteiger partial charge in [0.05, 0.1) is 24.3 Å². The number of benzene rings is 3. The summed E-state index contributed by atoms with van der Waals surface area (Å²) in [6.45, 7) is 3.47. The number of furan rings is 1. The Morgan fingerprint density at radius 3 is 2.34 bits per heavy atom. The molecule has 1 N–H and O–H groups in total. The molecule has 182 valence electrons. The zero-order valence-electron chi connectivity index (χ0n) is 19.6. The number of piperazine rings is 1. The third kappa shape index (κ3) is 5.19. The van der Waals surface area contributed by atoms with Gasteiger partial charge in [0.2, 0.25) is 10.0 Å². The van der Waals surface area contributed by atoms with Crippen LogP contribution in [0.25, 0.3) is 10.8 Å². The zero-order valence-corrected chi connectivity index (χ0v) is 20.4. The van der Waals surface area contributed by atoms with E-state index in [2.05, 4.69) is 26.7 Å². The largest absolute Gasteiger partial charge is 0.497 e. The first kappa shape index (κ1) is 23.4. The maximum Gasteiger partial charge on any atom is 0.240 e. The minimum Gasteiger partial charge on any atom is -0.497 e. The fourth-order valence-electron chi connectivity index (χ4n) is 4.58. The highest BCUT2D eigenvalue weighted by atomic mass is 32.2. The lowest BCUT2D eigenvalue weighted by Crippen LogP contribution is -2.49. The van der Waals surface area contributed by atoms with Crippen molar-refractivity contribution in [1.82, 2.24) is 9.62 Å². The lowest BCUT2D eigenvalue weighted by atomic mass is 10.1. The Hall–Kier alpha value is -3.33. The number of sulfonamides is 1. The number of hydrogen-bond acceptors (Lipinski definition) is 6. The monoisotopic (exact) mass is 491 g/mol. The molecule has 1 fully saturated rings. The number of hydrogen-bond donors (Lipinski definition) is 1. The van der Waals surface area contributed by atoms with Crippen LogP contribution in [-0.4, -0.2) is 53.2 Å². The van der Waals surface area contributed by atoms with E-state index < -0.39 is 10.0 Å². The average molecular weight is 492 g/mol. The van der Waals surface area contributed by atoms with E-state index in [1.54, 1.807) is 25.5 Å². The molecule has 0 saturated carbocycles. The standard InChI is InChI=1S/C27H29N3O4S/c1-33-24-11-9-23(10-12-24)29-14-16-30(17-15-29)26(27-7-4-18-34-27)20-28-35(31,32)25-13-8-21-5-2-3-6-22(21)19-25/h2-13,18-19,26,28H,14-17,20H2,1H3. The highest BCUT2D eigenvalue weighted by Gasteiger charge is 2.28. The average Bonchev–Trinajstić information content (AvgIpc) is 3.43. The van der Waals surface area contributed by atoms with Gasteiger partial charge in [-0.2, -0.15) is 0 Å². The number of methoxy groups -OCH3 is 1. The van der Waals surface area contributed by atoms with Crippen LogP contribution in [-0.2, 0) is 10.0 Å². The molecular formula is C27H29N3O4S. The van der Waals surface area contributed by atoms with Gasteiger partial charge in [-0.05, 0) is 59.3 Å². The highest BCUT2D eigenvalue weighted by molar-refractivity contribution is 7.89. The fourth-order valence-corrected chi connectivity index (χ4v) is 5.66. The summed E-state index contributed by atoms with van der Waals surface area (Å²) in [5.41, 5.74) is 1.15. The lowest BCUT2D eigenvalue weighted by Gasteiger charge is -2.39. The molecule has 7 nitrogen and oxygen atoms in total. The summed E-state index contributed by atoms with van der Waals surface area (Å²) in [5.74, 6) is 1.59. The van der Waals surface area contributed by atoms with Gasteiger partial charge in [0.1, 0.15) is 11.5 Å². The van der Waals surface area contributed by atoms with Crippen LogP contribution in [0.4, 0.5) is 5.69 Å². The topological polar surface area (TPSA) is 75.0 Å². The Balaban J connectivity index is 1.28. The molecule has 2 heterocycles. The molecule has 1 saturated heterocycles. The number of anilines is 1. The molecule has 0 radical (unpaired) electrons. The second-order valence-electron chi connectivity index (χ2n) is 8.61. The second-order valence-corrected chi connectivity index (χ2v) is 10.4. The van der Waals surface area contributed by atoms with Gasteiger partial charge in [0, 0.05) is 38.4 Å². The number of fused-ring (bicyclic) bond motifs is 1. The molecule has 35 heavy (non-hydrogen) atoms. The van der Waals surface area contributed by atoms with Crippen LogP contribution in [0.1, 0.15) is 11.8 Å². The molecule has 8 heteroatoms. The molecule has 1 aliphatic rings. The van der Waals surface area contributed by atoms with E-state index in [1.807, 2.05) is 54.6 Å². The molecule has 5 rings (SSSR count). The van der Waals surface area contributed by atoms with Gasteiger partial charge >= 0.3 is 0 Å². The Kier molecular flexibility index (Phi) is 6.77. The van der Waals surface area contributed by atoms with Gasteiger partial charge in [0.25, 0.3) is 0 Å². The molecule has 0 spiro atoms. The van der Waals surface area contributed by atoms with Crippen LogP contribution in [0.5, 0.6) is 5.75 Å². The van der Waals surface area contributed by atoms with E-state index in [-0.39, 0.29) is 17.5 Å². The van der Waals surface area contributed by atoms with Gasteiger partial charge in [-0.3, -0.25) is 4.90 Å². The molecule has 0 amide bonds. The van der Waals surface area contributed by atoms with Crippen molar-refractivity contribution in [3.63, 3.8) is 0 Å². The van der Waals surface area contributed by atoms with Crippen molar-refractivity contribution in [2.24, 2.45) is 0 Å². The van der Waals surface area contributed by atoms with Crippen LogP contribution in [0.2, 0.25) is 0 Å². The van der Waals surface area contributed by atoms with E-state index >= 15 is 0 Å². The summed E-state index contributed by atoms with van der Waals surface area (Å²) in [7, 11) is -2.01. The van der Waals surface area contributed by atoms with E-state index in [4.69, 9.17) is 9.15 Å². The zero-order chi connectivity index (χ0) is 24.3. The Bertz CT molecular complexity index is 1360. The van der Waals surface area contributed by atoms with E-state index in [0.29, 0.717) is 0 Å². The quantitative estimate of drug-likeness (QED) is 0.397. The lowest BCUT2D eigenvalue weighted by molar-refractivity contribution is 0.166. The van der Waals surface area contributed by atoms with Crippen molar-refractivity contribution in [2.45, 2.75) is 10.9 Å². The smallest absolute Gasteiger partial charge is 0.240 e. The summed E-state index contributed by atoms with van der Waals surface area (Å²) in [4.78, 5) is 4.87. The molecule has 1 aromatic heterocycles. The summed E-state index contributed by atoms with van der Waals surface area (Å²) >= 11 is 0. The van der Waals surface area contributed by atoms with Gasteiger partial charge < -0.3 is 14.1 Å². The molecule has 1 unspecified atom stereocenters. The molecule has 4 aromatic rings. The summed E-state index contributed by atoms with van der Waals surface area (Å²) in [5, 5.41) is 1.90. The highest BCUT2D eigenvalue weighted by Crippen LogP contribution is 2.26. The number of ether oxygens (including phenoxy) is 1. The van der Waals surface area contributed by atoms with E-state index in [9.17, 15) is 8.42 Å². The van der Waals surface area contributed by atoms with Crippen LogP contribution < -0.4 is 14.4 Å². The van der Waals surface area contributed by atoms with Gasteiger partial charge in [-0.25, -0.2) is 13.1 Å². The van der Waals surface area contributed by atoms with Gasteiger partial charge in [0.15, 0.2) is 0 Å². The normalized spacial score (nSPS) is 15.9. The first-order chi connectivity index (χ1) is 17.0. The van der Waals surface area contributed by atoms with E-state index in [1.165, 1.54) is 0 Å². The Morgan fingerprint density at radius 2 is 1.66 bits per heavy atom. The third-order valence-electron chi connectivity index (χ3n) is 6.56. The summed E-state index contributed by atoms with van der Waals surface area (Å²) in [6, 6.07) is 24.6. The van der Waals surface area contributed by atoms with Crippen molar-refractivity contribution >= 4 is 26.5 Å². The van der Waals surface area contributed by atoms with Crippen LogP contribution >= 0.6 is 0 Å². The van der Waals surface area contributed by atoms with Gasteiger partial charge in [-0.1, -0.05) is 30.3 Å². The maximum absolute atomic E-state index is 13.1. The molecule has 3 aromatic carbocycles.